The van der Waals surface area contributed by atoms with Gasteiger partial charge in [-0.05, 0) is 131 Å². The van der Waals surface area contributed by atoms with Crippen LogP contribution in [-0.2, 0) is 56.7 Å². The van der Waals surface area contributed by atoms with Crippen LogP contribution in [0.25, 0.3) is 0 Å². The van der Waals surface area contributed by atoms with Crippen molar-refractivity contribution in [3.05, 3.63) is 108 Å². The molecule has 3 heterocycles. The molecule has 79 heavy (non-hydrogen) atoms. The van der Waals surface area contributed by atoms with Gasteiger partial charge >= 0.3 is 5.97 Å². The number of piperidine rings is 1. The normalized spacial score (nSPS) is 33.3. The number of nitrogens with zero attached hydrogens (tertiary/aromatic N) is 1. The number of ketones is 3. The highest BCUT2D eigenvalue weighted by Gasteiger charge is 2.53. The molecule has 2 N–H and O–H groups in total. The molecule has 3 aliphatic heterocycles. The molecule has 1 amide bonds. The van der Waals surface area contributed by atoms with E-state index in [1.165, 1.54) is 12.0 Å². The summed E-state index contributed by atoms with van der Waals surface area (Å²) in [6.07, 6.45) is 10.7. The van der Waals surface area contributed by atoms with Gasteiger partial charge in [0, 0.05) is 69.1 Å². The minimum Gasteiger partial charge on any atom is -0.460 e. The van der Waals surface area contributed by atoms with E-state index in [9.17, 15) is 38.8 Å². The number of Topliss-reactive ketones (excluding diaryl/α,β-unsaturated/α-hetero) is 3. The standard InChI is InChI=1S/C63H88NO14P/c1-40-22-14-11-15-23-41(2)54(73-8)38-48-31-29-46(7)63(71,77-48)60(68)61(69)64-33-21-20-28-51(64)62(70)76-55(39-52(65)42(3)35-45(6)58(67)59(75-10)57(66)44(5)34-40)43(4)36-47-30-32-53(56(37-47)74-9)78-79(72,49-24-16-12-17-25-49)50-26-18-13-19-27-50/h11-19,22-27,35,40,43-48,51,53-56,58-59,67,71H,20-21,28-34,36-39H2,1-10H3/t40-,43-,44-,45?,46-,47+,48+,51+,53-,54+,55+,56-,58-,59+,63-/m1/s1. The first kappa shape index (κ1) is 63.5. The summed E-state index contributed by atoms with van der Waals surface area (Å²) in [6.45, 7) is 12.7. The maximum atomic E-state index is 15.0. The molecule has 3 fully saturated rings. The van der Waals surface area contributed by atoms with Crippen LogP contribution in [-0.4, -0.2) is 127 Å². The minimum absolute atomic E-state index is 0.00302. The van der Waals surface area contributed by atoms with Crippen LogP contribution in [0.15, 0.2) is 108 Å². The second-order valence-corrected chi connectivity index (χ2v) is 25.2. The Balaban J connectivity index is 1.29. The lowest BCUT2D eigenvalue weighted by Gasteiger charge is -2.42. The molecule has 6 rings (SSSR count). The van der Waals surface area contributed by atoms with E-state index in [1.54, 1.807) is 41.1 Å². The summed E-state index contributed by atoms with van der Waals surface area (Å²) >= 11 is 0. The first-order chi connectivity index (χ1) is 37.6. The molecule has 434 valence electrons. The molecule has 2 aromatic rings. The van der Waals surface area contributed by atoms with E-state index < -0.39 is 103 Å². The Bertz CT molecular complexity index is 2500. The van der Waals surface area contributed by atoms with Crippen molar-refractivity contribution in [3.8, 4) is 0 Å². The number of ether oxygens (including phenoxy) is 5. The summed E-state index contributed by atoms with van der Waals surface area (Å²) in [7, 11) is 1.02. The molecule has 0 spiro atoms. The van der Waals surface area contributed by atoms with Crippen LogP contribution in [0.1, 0.15) is 126 Å². The van der Waals surface area contributed by atoms with Crippen molar-refractivity contribution in [2.75, 3.05) is 27.9 Å². The van der Waals surface area contributed by atoms with Gasteiger partial charge in [0.25, 0.3) is 19.1 Å². The number of aliphatic hydroxyl groups is 2. The van der Waals surface area contributed by atoms with E-state index in [0.29, 0.717) is 80.4 Å². The number of esters is 1. The van der Waals surface area contributed by atoms with Gasteiger partial charge in [-0.15, -0.1) is 0 Å². The number of allylic oxidation sites excluding steroid dienone is 6. The van der Waals surface area contributed by atoms with E-state index in [4.69, 9.17) is 28.2 Å². The van der Waals surface area contributed by atoms with Gasteiger partial charge in [0.05, 0.1) is 30.5 Å². The third-order valence-corrected chi connectivity index (χ3v) is 19.5. The summed E-state index contributed by atoms with van der Waals surface area (Å²) < 4.78 is 51.9. The van der Waals surface area contributed by atoms with Crippen molar-refractivity contribution in [1.82, 2.24) is 4.90 Å². The topological polar surface area (TPSA) is 201 Å². The van der Waals surface area contributed by atoms with Crippen molar-refractivity contribution >= 4 is 47.2 Å². The van der Waals surface area contributed by atoms with Gasteiger partial charge in [-0.3, -0.25) is 23.7 Å². The molecular formula is C63H88NO14P. The lowest BCUT2D eigenvalue weighted by molar-refractivity contribution is -0.265. The SMILES string of the molecule is CO[C@H]1C[C@@H]2CC[C@@H](C)[C@@](O)(O2)C(=O)C(=O)N2CCCC[C@H]2C(=O)O[C@H]([C@H](C)C[C@@H]2CC[C@@H](OP(=O)(c3ccccc3)c3ccccc3)[C@H](OC)C2)CC(=O)C(C)=CC(C)[C@@H](O)[C@@H](OC)C(=O)[C@H](C)C[C@H](C)C=CC=CC=C1C. The monoisotopic (exact) mass is 1110 g/mol. The van der Waals surface area contributed by atoms with Crippen molar-refractivity contribution in [2.24, 2.45) is 35.5 Å². The minimum atomic E-state index is -3.55. The average molecular weight is 1110 g/mol. The Labute approximate surface area is 469 Å². The van der Waals surface area contributed by atoms with Crippen LogP contribution >= 0.6 is 7.37 Å². The Kier molecular flexibility index (Phi) is 23.6. The first-order valence-electron chi connectivity index (χ1n) is 28.5. The number of methoxy groups -OCH3 is 3. The van der Waals surface area contributed by atoms with Crippen molar-refractivity contribution in [1.29, 1.82) is 0 Å². The quantitative estimate of drug-likeness (QED) is 0.130. The molecule has 2 saturated heterocycles. The van der Waals surface area contributed by atoms with Crippen LogP contribution in [0.2, 0.25) is 0 Å². The summed E-state index contributed by atoms with van der Waals surface area (Å²) in [5, 5.41) is 24.9. The molecule has 15 nitrogen and oxygen atoms in total. The Morgan fingerprint density at radius 1 is 0.785 bits per heavy atom. The van der Waals surface area contributed by atoms with Crippen LogP contribution in [0.3, 0.4) is 0 Å². The van der Waals surface area contributed by atoms with Crippen LogP contribution in [0.5, 0.6) is 0 Å². The predicted octanol–water partition coefficient (Wildman–Crippen LogP) is 9.13. The number of benzene rings is 2. The largest absolute Gasteiger partial charge is 0.460 e. The zero-order chi connectivity index (χ0) is 57.6. The number of aliphatic hydroxyl groups excluding tert-OH is 1. The number of carbonyl (C=O) groups excluding carboxylic acids is 5. The van der Waals surface area contributed by atoms with Crippen molar-refractivity contribution in [2.45, 2.75) is 180 Å². The first-order valence-corrected chi connectivity index (χ1v) is 30.2. The van der Waals surface area contributed by atoms with E-state index in [1.807, 2.05) is 119 Å². The molecule has 2 bridgehead atoms. The van der Waals surface area contributed by atoms with E-state index in [0.717, 1.165) is 5.57 Å². The highest BCUT2D eigenvalue weighted by Crippen LogP contribution is 2.49. The molecule has 0 radical (unpaired) electrons. The maximum absolute atomic E-state index is 15.0. The Morgan fingerprint density at radius 3 is 2.09 bits per heavy atom. The molecule has 1 saturated carbocycles. The number of fused-ring (bicyclic) bond motifs is 3. The third kappa shape index (κ3) is 16.1. The van der Waals surface area contributed by atoms with Gasteiger partial charge in [0.2, 0.25) is 5.79 Å². The fourth-order valence-electron chi connectivity index (χ4n) is 11.9. The highest BCUT2D eigenvalue weighted by atomic mass is 31.2. The molecular weight excluding hydrogens is 1030 g/mol. The van der Waals surface area contributed by atoms with E-state index >= 15 is 0 Å². The molecule has 15 atom stereocenters. The number of rotatable bonds is 10. The van der Waals surface area contributed by atoms with Crippen molar-refractivity contribution < 1.29 is 67.0 Å². The molecule has 2 aromatic carbocycles. The van der Waals surface area contributed by atoms with E-state index in [2.05, 4.69) is 0 Å². The molecule has 4 aliphatic rings. The predicted molar refractivity (Wildman–Crippen MR) is 304 cm³/mol. The summed E-state index contributed by atoms with van der Waals surface area (Å²) in [5.74, 6) is -8.33. The third-order valence-electron chi connectivity index (χ3n) is 16.9. The summed E-state index contributed by atoms with van der Waals surface area (Å²) in [6, 6.07) is 17.2. The average Bonchev–Trinajstić information content (AvgIpc) is 3.46. The van der Waals surface area contributed by atoms with Gasteiger partial charge in [0.15, 0.2) is 11.6 Å². The van der Waals surface area contributed by atoms with Gasteiger partial charge in [-0.1, -0.05) is 107 Å². The number of hydrogen-bond donors (Lipinski definition) is 2. The van der Waals surface area contributed by atoms with Gasteiger partial charge in [0.1, 0.15) is 18.2 Å². The fraction of sp³-hybridized carbons (Fsp3) is 0.603. The fourth-order valence-corrected chi connectivity index (χ4v) is 14.2. The molecule has 16 heteroatoms. The molecule has 0 aromatic heterocycles. The van der Waals surface area contributed by atoms with Gasteiger partial charge in [-0.25, -0.2) is 4.79 Å². The van der Waals surface area contributed by atoms with Crippen LogP contribution in [0.4, 0.5) is 0 Å². The maximum Gasteiger partial charge on any atom is 0.329 e. The molecule has 1 aliphatic carbocycles. The second-order valence-electron chi connectivity index (χ2n) is 22.9. The Morgan fingerprint density at radius 2 is 1.46 bits per heavy atom. The summed E-state index contributed by atoms with van der Waals surface area (Å²) in [4.78, 5) is 73.1. The van der Waals surface area contributed by atoms with Crippen LogP contribution in [0, 0.1) is 35.5 Å². The number of carbonyl (C=O) groups is 5. The lowest BCUT2D eigenvalue weighted by atomic mass is 9.78. The number of cyclic esters (lactones) is 1. The zero-order valence-electron chi connectivity index (χ0n) is 48.2. The highest BCUT2D eigenvalue weighted by molar-refractivity contribution is 7.74. The number of amides is 1. The molecule has 1 unspecified atom stereocenters. The number of hydrogen-bond acceptors (Lipinski definition) is 14. The van der Waals surface area contributed by atoms with Crippen molar-refractivity contribution in [3.63, 3.8) is 0 Å². The smallest absolute Gasteiger partial charge is 0.329 e. The second kappa shape index (κ2) is 29.3. The lowest BCUT2D eigenvalue weighted by Crippen LogP contribution is -2.61. The van der Waals surface area contributed by atoms with Gasteiger partial charge < -0.3 is 43.3 Å². The van der Waals surface area contributed by atoms with E-state index in [-0.39, 0.29) is 42.8 Å². The van der Waals surface area contributed by atoms with Crippen LogP contribution < -0.4 is 10.6 Å². The van der Waals surface area contributed by atoms with Gasteiger partial charge in [-0.2, -0.15) is 0 Å². The summed E-state index contributed by atoms with van der Waals surface area (Å²) in [5.41, 5.74) is 1.16. The Hall–Kier alpha value is -4.70. The zero-order valence-corrected chi connectivity index (χ0v) is 49.1.